The number of nitrogens with two attached hydrogens (primary N) is 1. The summed E-state index contributed by atoms with van der Waals surface area (Å²) in [5.74, 6) is -1.38. The van der Waals surface area contributed by atoms with Crippen molar-refractivity contribution in [2.45, 2.75) is 38.1 Å². The lowest BCUT2D eigenvalue weighted by atomic mass is 9.94. The molecule has 0 bridgehead atoms. The number of anilines is 1. The highest BCUT2D eigenvalue weighted by Crippen LogP contribution is 2.28. The molecular formula is C14H18FN3O3. The molecule has 6 nitrogen and oxygen atoms in total. The first-order valence-electron chi connectivity index (χ1n) is 6.92. The monoisotopic (exact) mass is 295 g/mol. The van der Waals surface area contributed by atoms with Gasteiger partial charge in [-0.05, 0) is 18.9 Å². The van der Waals surface area contributed by atoms with E-state index in [0.29, 0.717) is 6.07 Å². The first-order valence-corrected chi connectivity index (χ1v) is 6.92. The maximum atomic E-state index is 13.4. The summed E-state index contributed by atoms with van der Waals surface area (Å²) in [7, 11) is 1.63. The number of carbonyl (C=O) groups is 1. The van der Waals surface area contributed by atoms with Crippen LogP contribution in [0.4, 0.5) is 15.8 Å². The van der Waals surface area contributed by atoms with E-state index in [9.17, 15) is 19.3 Å². The third kappa shape index (κ3) is 3.12. The van der Waals surface area contributed by atoms with Crippen LogP contribution in [0.5, 0.6) is 0 Å². The zero-order chi connectivity index (χ0) is 15.6. The van der Waals surface area contributed by atoms with Gasteiger partial charge in [0.05, 0.1) is 16.7 Å². The Morgan fingerprint density at radius 3 is 2.57 bits per heavy atom. The van der Waals surface area contributed by atoms with E-state index < -0.39 is 22.3 Å². The third-order valence-electron chi connectivity index (χ3n) is 3.98. The van der Waals surface area contributed by atoms with Crippen LogP contribution >= 0.6 is 0 Å². The topological polar surface area (TPSA) is 89.5 Å². The van der Waals surface area contributed by atoms with Gasteiger partial charge in [0.2, 0.25) is 0 Å². The lowest BCUT2D eigenvalue weighted by Gasteiger charge is -2.31. The molecule has 21 heavy (non-hydrogen) atoms. The smallest absolute Gasteiger partial charge is 0.285 e. The van der Waals surface area contributed by atoms with E-state index in [1.165, 1.54) is 4.90 Å². The Hall–Kier alpha value is -2.18. The van der Waals surface area contributed by atoms with Crippen molar-refractivity contribution in [2.75, 3.05) is 12.8 Å². The van der Waals surface area contributed by atoms with Crippen LogP contribution in [-0.4, -0.2) is 28.8 Å². The number of hydrogen-bond donors (Lipinski definition) is 1. The SMILES string of the molecule is CN(C(=O)c1cc(N)c(F)cc1[N+](=O)[O-])C1CCCCC1. The number of halogens is 1. The van der Waals surface area contributed by atoms with Gasteiger partial charge in [-0.1, -0.05) is 19.3 Å². The summed E-state index contributed by atoms with van der Waals surface area (Å²) in [5.41, 5.74) is 4.47. The fourth-order valence-electron chi connectivity index (χ4n) is 2.73. The molecule has 1 fully saturated rings. The summed E-state index contributed by atoms with van der Waals surface area (Å²) in [4.78, 5) is 24.2. The Bertz CT molecular complexity index is 571. The number of amides is 1. The number of nitro groups is 1. The van der Waals surface area contributed by atoms with E-state index in [2.05, 4.69) is 0 Å². The molecule has 1 aromatic rings. The predicted octanol–water partition coefficient (Wildman–Crippen LogP) is 2.72. The standard InChI is InChI=1S/C14H18FN3O3/c1-17(9-5-3-2-4-6-9)14(19)10-7-12(16)11(15)8-13(10)18(20)21/h7-9H,2-6,16H2,1H3. The minimum absolute atomic E-state index is 0.0668. The molecule has 114 valence electrons. The first-order chi connectivity index (χ1) is 9.91. The molecule has 2 rings (SSSR count). The van der Waals surface area contributed by atoms with Gasteiger partial charge in [-0.25, -0.2) is 4.39 Å². The Labute approximate surface area is 121 Å². The van der Waals surface area contributed by atoms with E-state index >= 15 is 0 Å². The summed E-state index contributed by atoms with van der Waals surface area (Å²) in [6, 6.07) is 1.82. The number of nitrogens with zero attached hydrogens (tertiary/aromatic N) is 2. The lowest BCUT2D eigenvalue weighted by Crippen LogP contribution is -2.38. The molecule has 7 heteroatoms. The van der Waals surface area contributed by atoms with Gasteiger partial charge >= 0.3 is 0 Å². The minimum Gasteiger partial charge on any atom is -0.396 e. The molecule has 0 saturated heterocycles. The second-order valence-electron chi connectivity index (χ2n) is 5.36. The van der Waals surface area contributed by atoms with Crippen molar-refractivity contribution in [3.05, 3.63) is 33.6 Å². The zero-order valence-electron chi connectivity index (χ0n) is 11.8. The highest BCUT2D eigenvalue weighted by Gasteiger charge is 2.29. The van der Waals surface area contributed by atoms with Gasteiger partial charge in [0.25, 0.3) is 11.6 Å². The summed E-state index contributed by atoms with van der Waals surface area (Å²) in [6.45, 7) is 0. The molecule has 0 heterocycles. The van der Waals surface area contributed by atoms with Crippen LogP contribution in [-0.2, 0) is 0 Å². The van der Waals surface area contributed by atoms with Gasteiger partial charge in [-0.15, -0.1) is 0 Å². The molecular weight excluding hydrogens is 277 g/mol. The van der Waals surface area contributed by atoms with Gasteiger partial charge in [0.15, 0.2) is 5.82 Å². The Balaban J connectivity index is 2.33. The highest BCUT2D eigenvalue weighted by atomic mass is 19.1. The highest BCUT2D eigenvalue weighted by molar-refractivity contribution is 5.99. The first kappa shape index (κ1) is 15.2. The predicted molar refractivity (Wildman–Crippen MR) is 76.4 cm³/mol. The van der Waals surface area contributed by atoms with E-state index in [4.69, 9.17) is 5.73 Å². The van der Waals surface area contributed by atoms with E-state index in [-0.39, 0.29) is 17.3 Å². The summed E-state index contributed by atoms with van der Waals surface area (Å²) in [6.07, 6.45) is 4.98. The Kier molecular flexibility index (Phi) is 4.40. The quantitative estimate of drug-likeness (QED) is 0.527. The number of carbonyl (C=O) groups excluding carboxylic acids is 1. The molecule has 2 N–H and O–H groups in total. The zero-order valence-corrected chi connectivity index (χ0v) is 11.8. The van der Waals surface area contributed by atoms with Gasteiger partial charge in [-0.3, -0.25) is 14.9 Å². The van der Waals surface area contributed by atoms with E-state index in [0.717, 1.165) is 38.2 Å². The molecule has 1 aliphatic rings. The largest absolute Gasteiger partial charge is 0.396 e. The van der Waals surface area contributed by atoms with Crippen molar-refractivity contribution < 1.29 is 14.1 Å². The van der Waals surface area contributed by atoms with Gasteiger partial charge in [-0.2, -0.15) is 0 Å². The maximum absolute atomic E-state index is 13.4. The molecule has 1 amide bonds. The van der Waals surface area contributed by atoms with Crippen molar-refractivity contribution in [1.29, 1.82) is 0 Å². The van der Waals surface area contributed by atoms with Crippen LogP contribution in [0.2, 0.25) is 0 Å². The molecule has 0 unspecified atom stereocenters. The van der Waals surface area contributed by atoms with Crippen molar-refractivity contribution in [2.24, 2.45) is 0 Å². The van der Waals surface area contributed by atoms with Crippen LogP contribution in [0.1, 0.15) is 42.5 Å². The van der Waals surface area contributed by atoms with Crippen molar-refractivity contribution in [3.8, 4) is 0 Å². The van der Waals surface area contributed by atoms with Gasteiger partial charge in [0, 0.05) is 13.1 Å². The molecule has 1 aliphatic carbocycles. The number of benzene rings is 1. The third-order valence-corrected chi connectivity index (χ3v) is 3.98. The average molecular weight is 295 g/mol. The molecule has 0 aliphatic heterocycles. The Morgan fingerprint density at radius 1 is 1.38 bits per heavy atom. The van der Waals surface area contributed by atoms with Crippen molar-refractivity contribution >= 4 is 17.3 Å². The lowest BCUT2D eigenvalue weighted by molar-refractivity contribution is -0.385. The number of rotatable bonds is 3. The Morgan fingerprint density at radius 2 is 2.00 bits per heavy atom. The second-order valence-corrected chi connectivity index (χ2v) is 5.36. The fourth-order valence-corrected chi connectivity index (χ4v) is 2.73. The molecule has 1 aromatic carbocycles. The van der Waals surface area contributed by atoms with Crippen LogP contribution < -0.4 is 5.73 Å². The van der Waals surface area contributed by atoms with E-state index in [1.54, 1.807) is 7.05 Å². The van der Waals surface area contributed by atoms with Crippen LogP contribution in [0.25, 0.3) is 0 Å². The van der Waals surface area contributed by atoms with E-state index in [1.807, 2.05) is 0 Å². The number of hydrogen-bond acceptors (Lipinski definition) is 4. The molecule has 0 atom stereocenters. The van der Waals surface area contributed by atoms with Crippen molar-refractivity contribution in [3.63, 3.8) is 0 Å². The number of nitro benzene ring substituents is 1. The normalized spacial score (nSPS) is 15.7. The van der Waals surface area contributed by atoms with Gasteiger partial charge in [0.1, 0.15) is 5.56 Å². The summed E-state index contributed by atoms with van der Waals surface area (Å²) in [5, 5.41) is 11.0. The van der Waals surface area contributed by atoms with Crippen LogP contribution in [0.15, 0.2) is 12.1 Å². The fraction of sp³-hybridized carbons (Fsp3) is 0.500. The maximum Gasteiger partial charge on any atom is 0.285 e. The van der Waals surface area contributed by atoms with Crippen LogP contribution in [0, 0.1) is 15.9 Å². The molecule has 0 spiro atoms. The van der Waals surface area contributed by atoms with Gasteiger partial charge < -0.3 is 10.6 Å². The molecule has 0 aromatic heterocycles. The minimum atomic E-state index is -0.890. The second kappa shape index (κ2) is 6.07. The molecule has 0 radical (unpaired) electrons. The van der Waals surface area contributed by atoms with Crippen molar-refractivity contribution in [1.82, 2.24) is 4.90 Å². The summed E-state index contributed by atoms with van der Waals surface area (Å²) >= 11 is 0. The summed E-state index contributed by atoms with van der Waals surface area (Å²) < 4.78 is 13.4. The number of nitrogen functional groups attached to an aromatic ring is 1. The molecule has 1 saturated carbocycles. The average Bonchev–Trinajstić information content (AvgIpc) is 2.48. The van der Waals surface area contributed by atoms with Crippen LogP contribution in [0.3, 0.4) is 0 Å².